The van der Waals surface area contributed by atoms with Crippen molar-refractivity contribution >= 4 is 28.8 Å². The minimum absolute atomic E-state index is 0.0129. The summed E-state index contributed by atoms with van der Waals surface area (Å²) in [5.74, 6) is -1.37. The molecule has 1 N–H and O–H groups in total. The highest BCUT2D eigenvalue weighted by atomic mass is 32.2. The van der Waals surface area contributed by atoms with E-state index in [2.05, 4.69) is 15.0 Å². The molecular formula is C24H20F4N4O2S. The van der Waals surface area contributed by atoms with Crippen molar-refractivity contribution in [2.24, 2.45) is 0 Å². The predicted molar refractivity (Wildman–Crippen MR) is 123 cm³/mol. The molecule has 0 unspecified atom stereocenters. The fourth-order valence-electron chi connectivity index (χ4n) is 3.63. The lowest BCUT2D eigenvalue weighted by Crippen LogP contribution is -2.05. The standard InChI is InChI=1S/C24H20F4N4O2S/c1-13(2)32-11-18(16-6-17(9-29-8-16)24(26,27)28)22-20(32)10-30-23(31-22)35-12-14-3-4-19(25)15(5-14)7-21(33)34/h3-6,8-11,13H,7,12H2,1-2H3,(H,33,34). The molecule has 3 aromatic heterocycles. The molecule has 0 saturated heterocycles. The third-order valence-electron chi connectivity index (χ3n) is 5.30. The second-order valence-electron chi connectivity index (χ2n) is 8.18. The number of nitrogens with zero attached hydrogens (tertiary/aromatic N) is 4. The second kappa shape index (κ2) is 9.65. The molecule has 4 rings (SSSR count). The topological polar surface area (TPSA) is 80.9 Å². The van der Waals surface area contributed by atoms with Crippen LogP contribution in [0, 0.1) is 5.82 Å². The summed E-state index contributed by atoms with van der Waals surface area (Å²) in [5, 5.41) is 9.33. The van der Waals surface area contributed by atoms with Gasteiger partial charge in [-0.3, -0.25) is 9.78 Å². The summed E-state index contributed by atoms with van der Waals surface area (Å²) in [4.78, 5) is 23.7. The largest absolute Gasteiger partial charge is 0.481 e. The highest BCUT2D eigenvalue weighted by Crippen LogP contribution is 2.36. The Morgan fingerprint density at radius 1 is 1.17 bits per heavy atom. The summed E-state index contributed by atoms with van der Waals surface area (Å²) < 4.78 is 55.5. The number of hydrogen-bond acceptors (Lipinski definition) is 5. The zero-order valence-corrected chi connectivity index (χ0v) is 19.5. The summed E-state index contributed by atoms with van der Waals surface area (Å²) >= 11 is 1.25. The first-order chi connectivity index (χ1) is 16.5. The Balaban J connectivity index is 1.69. The molecule has 1 aromatic carbocycles. The zero-order valence-electron chi connectivity index (χ0n) is 18.7. The maximum atomic E-state index is 13.9. The highest BCUT2D eigenvalue weighted by Gasteiger charge is 2.31. The number of aromatic nitrogens is 4. The number of aliphatic carboxylic acids is 1. The molecule has 11 heteroatoms. The van der Waals surface area contributed by atoms with E-state index in [0.717, 1.165) is 12.3 Å². The van der Waals surface area contributed by atoms with Gasteiger partial charge in [-0.25, -0.2) is 14.4 Å². The minimum atomic E-state index is -4.52. The van der Waals surface area contributed by atoms with Crippen LogP contribution >= 0.6 is 11.8 Å². The Kier molecular flexibility index (Phi) is 6.79. The predicted octanol–water partition coefficient (Wildman–Crippen LogP) is 6.15. The molecule has 0 spiro atoms. The maximum absolute atomic E-state index is 13.9. The summed E-state index contributed by atoms with van der Waals surface area (Å²) in [6, 6.07) is 5.33. The van der Waals surface area contributed by atoms with Crippen molar-refractivity contribution in [2.75, 3.05) is 0 Å². The van der Waals surface area contributed by atoms with E-state index < -0.39 is 29.9 Å². The van der Waals surface area contributed by atoms with Gasteiger partial charge in [-0.1, -0.05) is 23.9 Å². The van der Waals surface area contributed by atoms with Crippen LogP contribution in [0.25, 0.3) is 22.2 Å². The van der Waals surface area contributed by atoms with Gasteiger partial charge in [-0.2, -0.15) is 13.2 Å². The van der Waals surface area contributed by atoms with Gasteiger partial charge in [0.05, 0.1) is 23.7 Å². The van der Waals surface area contributed by atoms with Crippen LogP contribution in [-0.2, 0) is 23.1 Å². The molecule has 0 saturated carbocycles. The van der Waals surface area contributed by atoms with Crippen molar-refractivity contribution in [3.05, 3.63) is 71.6 Å². The third kappa shape index (κ3) is 5.45. The summed E-state index contributed by atoms with van der Waals surface area (Å²) in [6.07, 6.45) is 0.562. The van der Waals surface area contributed by atoms with Crippen LogP contribution < -0.4 is 0 Å². The van der Waals surface area contributed by atoms with Crippen molar-refractivity contribution in [3.8, 4) is 11.1 Å². The molecule has 0 bridgehead atoms. The van der Waals surface area contributed by atoms with Gasteiger partial charge in [0.25, 0.3) is 0 Å². The molecule has 0 radical (unpaired) electrons. The number of fused-ring (bicyclic) bond motifs is 1. The number of rotatable bonds is 7. The average molecular weight is 505 g/mol. The Bertz CT molecular complexity index is 1400. The molecule has 0 atom stereocenters. The van der Waals surface area contributed by atoms with Crippen LogP contribution in [0.15, 0.2) is 54.2 Å². The van der Waals surface area contributed by atoms with E-state index in [-0.39, 0.29) is 17.2 Å². The molecule has 6 nitrogen and oxygen atoms in total. The highest BCUT2D eigenvalue weighted by molar-refractivity contribution is 7.98. The fourth-order valence-corrected chi connectivity index (χ4v) is 4.39. The summed E-state index contributed by atoms with van der Waals surface area (Å²) in [6.45, 7) is 3.89. The molecule has 3 heterocycles. The van der Waals surface area contributed by atoms with Crippen LogP contribution in [0.5, 0.6) is 0 Å². The van der Waals surface area contributed by atoms with Crippen LogP contribution in [0.1, 0.15) is 36.6 Å². The normalized spacial score (nSPS) is 12.0. The first-order valence-corrected chi connectivity index (χ1v) is 11.5. The quantitative estimate of drug-likeness (QED) is 0.185. The van der Waals surface area contributed by atoms with Crippen molar-refractivity contribution in [2.45, 2.75) is 43.4 Å². The lowest BCUT2D eigenvalue weighted by molar-refractivity contribution is -0.138. The number of halogens is 4. The van der Waals surface area contributed by atoms with Crippen LogP contribution in [0.2, 0.25) is 0 Å². The van der Waals surface area contributed by atoms with E-state index in [4.69, 9.17) is 5.11 Å². The molecule has 0 amide bonds. The van der Waals surface area contributed by atoms with E-state index in [9.17, 15) is 22.4 Å². The Hall–Kier alpha value is -3.47. The molecule has 0 aliphatic carbocycles. The van der Waals surface area contributed by atoms with Crippen LogP contribution in [-0.4, -0.2) is 30.6 Å². The lowest BCUT2D eigenvalue weighted by Gasteiger charge is -2.08. The maximum Gasteiger partial charge on any atom is 0.417 e. The molecule has 0 aliphatic heterocycles. The number of pyridine rings is 1. The van der Waals surface area contributed by atoms with Gasteiger partial charge < -0.3 is 9.67 Å². The van der Waals surface area contributed by atoms with Crippen molar-refractivity contribution < 1.29 is 27.5 Å². The Morgan fingerprint density at radius 3 is 2.63 bits per heavy atom. The average Bonchev–Trinajstić information content (AvgIpc) is 3.18. The molecule has 0 aliphatic rings. The van der Waals surface area contributed by atoms with Gasteiger partial charge >= 0.3 is 12.1 Å². The zero-order chi connectivity index (χ0) is 25.3. The van der Waals surface area contributed by atoms with E-state index >= 15 is 0 Å². The van der Waals surface area contributed by atoms with Crippen LogP contribution in [0.3, 0.4) is 0 Å². The van der Waals surface area contributed by atoms with E-state index in [1.165, 1.54) is 30.1 Å². The SMILES string of the molecule is CC(C)n1cc(-c2cncc(C(F)(F)F)c2)c2nc(SCc3ccc(F)c(CC(=O)O)c3)ncc21. The van der Waals surface area contributed by atoms with E-state index in [1.54, 1.807) is 18.5 Å². The van der Waals surface area contributed by atoms with E-state index in [1.807, 2.05) is 18.4 Å². The number of hydrogen-bond donors (Lipinski definition) is 1. The Morgan fingerprint density at radius 2 is 1.94 bits per heavy atom. The number of thioether (sulfide) groups is 1. The lowest BCUT2D eigenvalue weighted by atomic mass is 10.1. The van der Waals surface area contributed by atoms with Gasteiger partial charge in [0.15, 0.2) is 5.16 Å². The number of carboxylic acid groups (broad SMARTS) is 1. The van der Waals surface area contributed by atoms with Crippen molar-refractivity contribution in [1.29, 1.82) is 0 Å². The molecular weight excluding hydrogens is 484 g/mol. The molecule has 4 aromatic rings. The molecule has 182 valence electrons. The van der Waals surface area contributed by atoms with Gasteiger partial charge in [0.1, 0.15) is 11.3 Å². The second-order valence-corrected chi connectivity index (χ2v) is 9.12. The van der Waals surface area contributed by atoms with Crippen molar-refractivity contribution in [3.63, 3.8) is 0 Å². The Labute approximate surface area is 202 Å². The smallest absolute Gasteiger partial charge is 0.417 e. The first-order valence-electron chi connectivity index (χ1n) is 10.5. The number of benzene rings is 1. The number of carbonyl (C=O) groups is 1. The van der Waals surface area contributed by atoms with Crippen LogP contribution in [0.4, 0.5) is 17.6 Å². The number of alkyl halides is 3. The summed E-state index contributed by atoms with van der Waals surface area (Å²) in [7, 11) is 0. The van der Waals surface area contributed by atoms with Gasteiger partial charge in [0, 0.05) is 41.5 Å². The van der Waals surface area contributed by atoms with Crippen molar-refractivity contribution in [1.82, 2.24) is 19.5 Å². The first kappa shape index (κ1) is 24.6. The molecule has 0 fully saturated rings. The van der Waals surface area contributed by atoms with Gasteiger partial charge in [-0.15, -0.1) is 0 Å². The van der Waals surface area contributed by atoms with Gasteiger partial charge in [-0.05, 0) is 37.1 Å². The third-order valence-corrected chi connectivity index (χ3v) is 6.23. The minimum Gasteiger partial charge on any atom is -0.481 e. The summed E-state index contributed by atoms with van der Waals surface area (Å²) in [5.41, 5.74) is 1.87. The van der Waals surface area contributed by atoms with E-state index in [0.29, 0.717) is 33.1 Å². The molecule has 35 heavy (non-hydrogen) atoms. The number of carboxylic acids is 1. The fraction of sp³-hybridized carbons (Fsp3) is 0.250. The van der Waals surface area contributed by atoms with Gasteiger partial charge in [0.2, 0.25) is 0 Å². The monoisotopic (exact) mass is 504 g/mol.